The van der Waals surface area contributed by atoms with Crippen LogP contribution in [0.1, 0.15) is 21.5 Å². The number of benzene rings is 3. The molecule has 0 unspecified atom stereocenters. The van der Waals surface area contributed by atoms with E-state index >= 15 is 0 Å². The highest BCUT2D eigenvalue weighted by Crippen LogP contribution is 2.21. The molecule has 2 heterocycles. The number of anilines is 1. The molecule has 0 aliphatic carbocycles. The molecule has 35 heavy (non-hydrogen) atoms. The Morgan fingerprint density at radius 2 is 1.63 bits per heavy atom. The monoisotopic (exact) mass is 489 g/mol. The third kappa shape index (κ3) is 5.44. The van der Waals surface area contributed by atoms with Gasteiger partial charge in [-0.1, -0.05) is 41.9 Å². The fraction of sp³-hybridized carbons (Fsp3) is 0.231. The molecule has 1 aromatic heterocycles. The summed E-state index contributed by atoms with van der Waals surface area (Å²) in [7, 11) is 0. The van der Waals surface area contributed by atoms with Crippen LogP contribution >= 0.6 is 11.6 Å². The number of carbonyl (C=O) groups excluding carboxylic acids is 2. The lowest BCUT2D eigenvalue weighted by atomic mass is 10.0. The Bertz CT molecular complexity index is 1350. The van der Waals surface area contributed by atoms with Crippen molar-refractivity contribution in [1.82, 2.24) is 20.3 Å². The van der Waals surface area contributed by atoms with Crippen molar-refractivity contribution in [3.63, 3.8) is 0 Å². The number of amides is 1. The number of nitrogens with one attached hydrogen (secondary N) is 1. The van der Waals surface area contributed by atoms with Crippen molar-refractivity contribution < 1.29 is 14.3 Å². The summed E-state index contributed by atoms with van der Waals surface area (Å²) in [5, 5.41) is 11.4. The number of piperazine rings is 1. The van der Waals surface area contributed by atoms with Gasteiger partial charge in [0.2, 0.25) is 0 Å². The van der Waals surface area contributed by atoms with Crippen LogP contribution in [0.2, 0.25) is 5.02 Å². The van der Waals surface area contributed by atoms with E-state index in [1.807, 2.05) is 54.6 Å². The smallest absolute Gasteiger partial charge is 0.410 e. The fourth-order valence-corrected chi connectivity index (χ4v) is 4.25. The third-order valence-corrected chi connectivity index (χ3v) is 6.34. The Morgan fingerprint density at radius 1 is 0.886 bits per heavy atom. The topological polar surface area (TPSA) is 91.4 Å². The van der Waals surface area contributed by atoms with Gasteiger partial charge in [0.1, 0.15) is 17.6 Å². The van der Waals surface area contributed by atoms with Crippen molar-refractivity contribution >= 4 is 40.2 Å². The van der Waals surface area contributed by atoms with E-state index in [1.165, 1.54) is 0 Å². The van der Waals surface area contributed by atoms with E-state index in [-0.39, 0.29) is 18.5 Å². The van der Waals surface area contributed by atoms with Crippen molar-refractivity contribution in [3.8, 4) is 0 Å². The van der Waals surface area contributed by atoms with Gasteiger partial charge in [-0.2, -0.15) is 15.4 Å². The van der Waals surface area contributed by atoms with Crippen LogP contribution in [0, 0.1) is 0 Å². The zero-order valence-electron chi connectivity index (χ0n) is 19.0. The van der Waals surface area contributed by atoms with Crippen molar-refractivity contribution in [2.45, 2.75) is 13.0 Å². The summed E-state index contributed by atoms with van der Waals surface area (Å²) in [5.74, 6) is 0.0408. The van der Waals surface area contributed by atoms with Gasteiger partial charge in [0.15, 0.2) is 5.78 Å². The van der Waals surface area contributed by atoms with Gasteiger partial charge < -0.3 is 14.5 Å². The summed E-state index contributed by atoms with van der Waals surface area (Å²) in [4.78, 5) is 29.3. The highest BCUT2D eigenvalue weighted by molar-refractivity contribution is 6.30. The van der Waals surface area contributed by atoms with E-state index in [4.69, 9.17) is 16.3 Å². The van der Waals surface area contributed by atoms with Crippen LogP contribution in [0.4, 0.5) is 10.5 Å². The molecule has 5 rings (SSSR count). The predicted molar refractivity (Wildman–Crippen MR) is 134 cm³/mol. The van der Waals surface area contributed by atoms with Gasteiger partial charge in [0.05, 0.1) is 0 Å². The maximum atomic E-state index is 12.9. The Balaban J connectivity index is 1.16. The van der Waals surface area contributed by atoms with Gasteiger partial charge in [-0.05, 0) is 47.5 Å². The van der Waals surface area contributed by atoms with Gasteiger partial charge in [0.25, 0.3) is 0 Å². The number of hydrogen-bond donors (Lipinski definition) is 1. The maximum absolute atomic E-state index is 12.9. The average molecular weight is 490 g/mol. The van der Waals surface area contributed by atoms with E-state index in [0.29, 0.717) is 43.2 Å². The molecule has 0 saturated carbocycles. The van der Waals surface area contributed by atoms with E-state index in [9.17, 15) is 9.59 Å². The minimum absolute atomic E-state index is 0.0408. The summed E-state index contributed by atoms with van der Waals surface area (Å²) in [6, 6.07) is 20.5. The number of hydrogen-bond acceptors (Lipinski definition) is 6. The number of nitrogens with zero attached hydrogens (tertiary/aromatic N) is 4. The lowest BCUT2D eigenvalue weighted by Gasteiger charge is -2.35. The molecule has 0 bridgehead atoms. The third-order valence-electron chi connectivity index (χ3n) is 6.09. The van der Waals surface area contributed by atoms with Crippen molar-refractivity contribution in [3.05, 3.63) is 88.4 Å². The second-order valence-electron chi connectivity index (χ2n) is 8.45. The molecule has 1 amide bonds. The lowest BCUT2D eigenvalue weighted by Crippen LogP contribution is -2.49. The second-order valence-corrected chi connectivity index (χ2v) is 8.89. The molecule has 1 aliphatic rings. The zero-order chi connectivity index (χ0) is 24.2. The van der Waals surface area contributed by atoms with Crippen LogP contribution in [0.25, 0.3) is 11.0 Å². The summed E-state index contributed by atoms with van der Waals surface area (Å²) in [6.45, 7) is 2.64. The van der Waals surface area contributed by atoms with Crippen LogP contribution < -0.4 is 4.90 Å². The minimum Gasteiger partial charge on any atom is -0.445 e. The average Bonchev–Trinajstić information content (AvgIpc) is 3.36. The van der Waals surface area contributed by atoms with Gasteiger partial charge in [-0.25, -0.2) is 4.79 Å². The largest absolute Gasteiger partial charge is 0.445 e. The van der Waals surface area contributed by atoms with Gasteiger partial charge in [0, 0.05) is 48.9 Å². The zero-order valence-corrected chi connectivity index (χ0v) is 19.7. The molecule has 4 aromatic rings. The number of ether oxygens (including phenoxy) is 1. The quantitative estimate of drug-likeness (QED) is 0.401. The first-order valence-electron chi connectivity index (χ1n) is 11.4. The number of rotatable bonds is 6. The first-order chi connectivity index (χ1) is 17.0. The van der Waals surface area contributed by atoms with Gasteiger partial charge in [-0.3, -0.25) is 4.79 Å². The minimum atomic E-state index is -0.326. The summed E-state index contributed by atoms with van der Waals surface area (Å²) in [5.41, 5.74) is 4.94. The van der Waals surface area contributed by atoms with E-state index in [1.54, 1.807) is 17.0 Å². The Morgan fingerprint density at radius 3 is 2.43 bits per heavy atom. The Hall–Kier alpha value is -3.91. The number of aromatic amines is 1. The molecule has 1 N–H and O–H groups in total. The van der Waals surface area contributed by atoms with Crippen molar-refractivity contribution in [2.75, 3.05) is 31.1 Å². The first-order valence-corrected chi connectivity index (χ1v) is 11.8. The maximum Gasteiger partial charge on any atom is 0.410 e. The SMILES string of the molecule is O=C(Cc1ccc2n[nH]nc2c1)c1cccc(N2CCN(C(=O)OCc3ccc(Cl)cc3)CC2)c1. The Kier molecular flexibility index (Phi) is 6.63. The number of aromatic nitrogens is 3. The molecule has 178 valence electrons. The molecule has 0 atom stereocenters. The number of fused-ring (bicyclic) bond motifs is 1. The number of carbonyl (C=O) groups is 2. The summed E-state index contributed by atoms with van der Waals surface area (Å²) < 4.78 is 5.45. The molecule has 1 saturated heterocycles. The summed E-state index contributed by atoms with van der Waals surface area (Å²) >= 11 is 5.89. The molecule has 0 spiro atoms. The Labute approximate surface area is 207 Å². The molecular weight excluding hydrogens is 466 g/mol. The van der Waals surface area contributed by atoms with E-state index in [0.717, 1.165) is 27.8 Å². The van der Waals surface area contributed by atoms with Crippen LogP contribution in [0.5, 0.6) is 0 Å². The molecule has 8 nitrogen and oxygen atoms in total. The molecule has 3 aromatic carbocycles. The number of H-pyrrole nitrogens is 1. The highest BCUT2D eigenvalue weighted by Gasteiger charge is 2.23. The van der Waals surface area contributed by atoms with Crippen LogP contribution in [-0.2, 0) is 17.8 Å². The summed E-state index contributed by atoms with van der Waals surface area (Å²) in [6.07, 6.45) is -0.0351. The number of Topliss-reactive ketones (excluding diaryl/α,β-unsaturated/α-hetero) is 1. The lowest BCUT2D eigenvalue weighted by molar-refractivity contribution is 0.0941. The molecule has 9 heteroatoms. The molecular formula is C26H24ClN5O3. The molecule has 0 radical (unpaired) electrons. The van der Waals surface area contributed by atoms with Crippen LogP contribution in [0.3, 0.4) is 0 Å². The van der Waals surface area contributed by atoms with Gasteiger partial charge >= 0.3 is 6.09 Å². The first kappa shape index (κ1) is 22.9. The van der Waals surface area contributed by atoms with Crippen LogP contribution in [-0.4, -0.2) is 58.4 Å². The van der Waals surface area contributed by atoms with E-state index < -0.39 is 0 Å². The standard InChI is InChI=1S/C26H24ClN5O3/c27-21-7-4-18(5-8-21)17-35-26(34)32-12-10-31(11-13-32)22-3-1-2-20(16-22)25(33)15-19-6-9-23-24(14-19)29-30-28-23/h1-9,14,16H,10-13,15,17H2,(H,28,29,30). The van der Waals surface area contributed by atoms with E-state index in [2.05, 4.69) is 20.3 Å². The number of ketones is 1. The molecule has 1 aliphatic heterocycles. The van der Waals surface area contributed by atoms with Gasteiger partial charge in [-0.15, -0.1) is 0 Å². The fourth-order valence-electron chi connectivity index (χ4n) is 4.12. The predicted octanol–water partition coefficient (Wildman–Crippen LogP) is 4.50. The molecule has 1 fully saturated rings. The van der Waals surface area contributed by atoms with Crippen molar-refractivity contribution in [1.29, 1.82) is 0 Å². The normalized spacial score (nSPS) is 13.7. The number of halogens is 1. The second kappa shape index (κ2) is 10.1. The van der Waals surface area contributed by atoms with Crippen molar-refractivity contribution in [2.24, 2.45) is 0 Å². The van der Waals surface area contributed by atoms with Crippen LogP contribution in [0.15, 0.2) is 66.7 Å². The highest BCUT2D eigenvalue weighted by atomic mass is 35.5.